The molecule has 1 atom stereocenters. The highest BCUT2D eigenvalue weighted by atomic mass is 32.2. The molecule has 1 N–H and O–H groups in total. The molecule has 6 nitrogen and oxygen atoms in total. The van der Waals surface area contributed by atoms with E-state index < -0.39 is 0 Å². The Balaban J connectivity index is 1.62. The molecular formula is C22H21N5OS2. The predicted octanol–water partition coefficient (Wildman–Crippen LogP) is 5.13. The van der Waals surface area contributed by atoms with Gasteiger partial charge < -0.3 is 5.32 Å². The third kappa shape index (κ3) is 4.29. The van der Waals surface area contributed by atoms with Gasteiger partial charge in [0.25, 0.3) is 0 Å². The van der Waals surface area contributed by atoms with Crippen molar-refractivity contribution in [2.45, 2.75) is 31.2 Å². The first-order valence-corrected chi connectivity index (χ1v) is 11.2. The number of anilines is 1. The number of carbonyl (C=O) groups excluding carboxylic acids is 1. The summed E-state index contributed by atoms with van der Waals surface area (Å²) in [6, 6.07) is 19.8. The second-order valence-corrected chi connectivity index (χ2v) is 9.26. The molecule has 8 heteroatoms. The number of carbonyl (C=O) groups is 1. The van der Waals surface area contributed by atoms with Crippen molar-refractivity contribution in [3.05, 3.63) is 71.2 Å². The Kier molecular flexibility index (Phi) is 5.96. The molecular weight excluding hydrogens is 414 g/mol. The molecule has 0 saturated heterocycles. The van der Waals surface area contributed by atoms with Gasteiger partial charge in [0.05, 0.1) is 10.9 Å². The number of rotatable bonds is 6. The van der Waals surface area contributed by atoms with E-state index in [9.17, 15) is 4.79 Å². The number of para-hydroxylation sites is 1. The largest absolute Gasteiger partial charge is 0.301 e. The highest BCUT2D eigenvalue weighted by Crippen LogP contribution is 2.31. The van der Waals surface area contributed by atoms with Gasteiger partial charge in [-0.15, -0.1) is 21.5 Å². The molecule has 2 aromatic carbocycles. The van der Waals surface area contributed by atoms with Gasteiger partial charge in [-0.1, -0.05) is 60.3 Å². The van der Waals surface area contributed by atoms with Crippen LogP contribution in [0.5, 0.6) is 0 Å². The molecule has 4 rings (SSSR count). The van der Waals surface area contributed by atoms with Gasteiger partial charge >= 0.3 is 0 Å². The molecule has 0 radical (unpaired) electrons. The lowest BCUT2D eigenvalue weighted by Crippen LogP contribution is -2.22. The molecule has 0 fully saturated rings. The lowest BCUT2D eigenvalue weighted by Gasteiger charge is -2.13. The first-order valence-electron chi connectivity index (χ1n) is 9.50. The van der Waals surface area contributed by atoms with Crippen LogP contribution in [0.3, 0.4) is 0 Å². The topological polar surface area (TPSA) is 72.7 Å². The van der Waals surface area contributed by atoms with Crippen molar-refractivity contribution in [2.24, 2.45) is 0 Å². The van der Waals surface area contributed by atoms with Crippen molar-refractivity contribution >= 4 is 34.1 Å². The number of hydrogen-bond donors (Lipinski definition) is 1. The van der Waals surface area contributed by atoms with E-state index >= 15 is 0 Å². The molecule has 4 aromatic rings. The predicted molar refractivity (Wildman–Crippen MR) is 122 cm³/mol. The van der Waals surface area contributed by atoms with E-state index in [-0.39, 0.29) is 11.2 Å². The lowest BCUT2D eigenvalue weighted by molar-refractivity contribution is -0.115. The highest BCUT2D eigenvalue weighted by Gasteiger charge is 2.22. The maximum Gasteiger partial charge on any atom is 0.239 e. The zero-order valence-corrected chi connectivity index (χ0v) is 18.5. The zero-order valence-electron chi connectivity index (χ0n) is 16.9. The Morgan fingerprint density at radius 1 is 1.03 bits per heavy atom. The van der Waals surface area contributed by atoms with Crippen LogP contribution >= 0.6 is 23.1 Å². The van der Waals surface area contributed by atoms with Gasteiger partial charge in [0.2, 0.25) is 5.91 Å². The molecule has 0 aliphatic rings. The van der Waals surface area contributed by atoms with Gasteiger partial charge in [-0.3, -0.25) is 9.36 Å². The number of aryl methyl sites for hydroxylation is 2. The first kappa shape index (κ1) is 20.3. The van der Waals surface area contributed by atoms with Gasteiger partial charge in [0.15, 0.2) is 16.1 Å². The zero-order chi connectivity index (χ0) is 21.1. The van der Waals surface area contributed by atoms with E-state index in [1.54, 1.807) is 0 Å². The van der Waals surface area contributed by atoms with Gasteiger partial charge in [0.1, 0.15) is 0 Å². The van der Waals surface area contributed by atoms with Gasteiger partial charge in [-0.25, -0.2) is 4.98 Å². The van der Waals surface area contributed by atoms with Crippen LogP contribution in [0.15, 0.2) is 65.8 Å². The minimum Gasteiger partial charge on any atom is -0.301 e. The van der Waals surface area contributed by atoms with E-state index in [4.69, 9.17) is 0 Å². The van der Waals surface area contributed by atoms with Crippen LogP contribution in [0.2, 0.25) is 0 Å². The number of thioether (sulfide) groups is 1. The summed E-state index contributed by atoms with van der Waals surface area (Å²) in [7, 11) is 0. The van der Waals surface area contributed by atoms with Crippen LogP contribution in [0.4, 0.5) is 5.13 Å². The summed E-state index contributed by atoms with van der Waals surface area (Å²) in [6.45, 7) is 5.79. The van der Waals surface area contributed by atoms with Crippen LogP contribution in [0.1, 0.15) is 17.5 Å². The summed E-state index contributed by atoms with van der Waals surface area (Å²) in [6.07, 6.45) is 0. The summed E-state index contributed by atoms with van der Waals surface area (Å²) < 4.78 is 1.99. The molecule has 2 heterocycles. The van der Waals surface area contributed by atoms with Crippen LogP contribution in [0, 0.1) is 13.8 Å². The standard InChI is InChI=1S/C22H21N5OS2/c1-14-15(2)29-21(23-14)24-20(28)16(3)30-22-26-25-19(17-10-6-4-7-11-17)27(22)18-12-8-5-9-13-18/h4-13,16H,1-3H3,(H,23,24,28)/t16-/m0/s1. The smallest absolute Gasteiger partial charge is 0.239 e. The van der Waals surface area contributed by atoms with Crippen molar-refractivity contribution < 1.29 is 4.79 Å². The summed E-state index contributed by atoms with van der Waals surface area (Å²) in [5, 5.41) is 12.6. The third-order valence-electron chi connectivity index (χ3n) is 4.59. The summed E-state index contributed by atoms with van der Waals surface area (Å²) in [5.41, 5.74) is 2.85. The van der Waals surface area contributed by atoms with E-state index in [1.807, 2.05) is 86.0 Å². The number of aromatic nitrogens is 4. The molecule has 0 unspecified atom stereocenters. The summed E-state index contributed by atoms with van der Waals surface area (Å²) in [4.78, 5) is 18.2. The Labute approximate surface area is 183 Å². The monoisotopic (exact) mass is 435 g/mol. The average molecular weight is 436 g/mol. The van der Waals surface area contributed by atoms with Crippen molar-refractivity contribution in [1.82, 2.24) is 19.7 Å². The van der Waals surface area contributed by atoms with E-state index in [2.05, 4.69) is 20.5 Å². The average Bonchev–Trinajstić information content (AvgIpc) is 3.31. The number of hydrogen-bond acceptors (Lipinski definition) is 6. The minimum absolute atomic E-state index is 0.113. The van der Waals surface area contributed by atoms with Crippen molar-refractivity contribution in [1.29, 1.82) is 0 Å². The number of benzene rings is 2. The van der Waals surface area contributed by atoms with Crippen molar-refractivity contribution in [3.63, 3.8) is 0 Å². The fourth-order valence-electron chi connectivity index (χ4n) is 2.88. The molecule has 152 valence electrons. The summed E-state index contributed by atoms with van der Waals surface area (Å²) in [5.74, 6) is 0.626. The van der Waals surface area contributed by atoms with Crippen molar-refractivity contribution in [3.8, 4) is 17.1 Å². The quantitative estimate of drug-likeness (QED) is 0.425. The van der Waals surface area contributed by atoms with E-state index in [0.717, 1.165) is 27.6 Å². The van der Waals surface area contributed by atoms with Crippen LogP contribution in [0.25, 0.3) is 17.1 Å². The molecule has 0 aliphatic heterocycles. The molecule has 0 saturated carbocycles. The molecule has 0 bridgehead atoms. The molecule has 30 heavy (non-hydrogen) atoms. The number of nitrogens with one attached hydrogen (secondary N) is 1. The second-order valence-electron chi connectivity index (χ2n) is 6.75. The van der Waals surface area contributed by atoms with Crippen LogP contribution < -0.4 is 5.32 Å². The fourth-order valence-corrected chi connectivity index (χ4v) is 4.56. The van der Waals surface area contributed by atoms with E-state index in [0.29, 0.717) is 10.3 Å². The number of amides is 1. The van der Waals surface area contributed by atoms with Crippen LogP contribution in [-0.4, -0.2) is 30.9 Å². The Morgan fingerprint density at radius 2 is 1.70 bits per heavy atom. The highest BCUT2D eigenvalue weighted by molar-refractivity contribution is 8.00. The first-order chi connectivity index (χ1) is 14.5. The Morgan fingerprint density at radius 3 is 2.33 bits per heavy atom. The third-order valence-corrected chi connectivity index (χ3v) is 6.62. The number of thiazole rings is 1. The van der Waals surface area contributed by atoms with Gasteiger partial charge in [-0.2, -0.15) is 0 Å². The maximum atomic E-state index is 12.7. The van der Waals surface area contributed by atoms with Crippen LogP contribution in [-0.2, 0) is 4.79 Å². The Bertz CT molecular complexity index is 1140. The summed E-state index contributed by atoms with van der Waals surface area (Å²) >= 11 is 2.86. The lowest BCUT2D eigenvalue weighted by atomic mass is 10.2. The molecule has 0 aliphatic carbocycles. The van der Waals surface area contributed by atoms with Crippen molar-refractivity contribution in [2.75, 3.05) is 5.32 Å². The Hall–Kier alpha value is -2.97. The minimum atomic E-state index is -0.371. The van der Waals surface area contributed by atoms with Gasteiger partial charge in [0, 0.05) is 16.1 Å². The van der Waals surface area contributed by atoms with E-state index in [1.165, 1.54) is 23.1 Å². The molecule has 1 amide bonds. The normalized spacial score (nSPS) is 12.0. The maximum absolute atomic E-state index is 12.7. The SMILES string of the molecule is Cc1nc(NC(=O)[C@H](C)Sc2nnc(-c3ccccc3)n2-c2ccccc2)sc1C. The number of nitrogens with zero attached hydrogens (tertiary/aromatic N) is 4. The molecule has 0 spiro atoms. The fraction of sp³-hybridized carbons (Fsp3) is 0.182. The van der Waals surface area contributed by atoms with Gasteiger partial charge in [-0.05, 0) is 32.9 Å². The second kappa shape index (κ2) is 8.81. The molecule has 2 aromatic heterocycles.